The number of benzene rings is 1. The molecule has 23 heavy (non-hydrogen) atoms. The normalized spacial score (nSPS) is 11.2. The lowest BCUT2D eigenvalue weighted by Crippen LogP contribution is -2.20. The van der Waals surface area contributed by atoms with Gasteiger partial charge in [0.1, 0.15) is 5.75 Å². The van der Waals surface area contributed by atoms with E-state index in [9.17, 15) is 13.2 Å². The number of aryl methyl sites for hydroxylation is 1. The molecule has 0 unspecified atom stereocenters. The molecule has 0 atom stereocenters. The van der Waals surface area contributed by atoms with E-state index in [1.165, 1.54) is 25.3 Å². The van der Waals surface area contributed by atoms with Crippen molar-refractivity contribution in [1.29, 1.82) is 0 Å². The largest absolute Gasteiger partial charge is 0.573 e. The highest BCUT2D eigenvalue weighted by atomic mass is 19.4. The van der Waals surface area contributed by atoms with Crippen molar-refractivity contribution in [2.75, 3.05) is 19.1 Å². The van der Waals surface area contributed by atoms with Crippen molar-refractivity contribution in [2.45, 2.75) is 19.8 Å². The third-order valence-electron chi connectivity index (χ3n) is 2.92. The molecule has 5 nitrogen and oxygen atoms in total. The van der Waals surface area contributed by atoms with Crippen molar-refractivity contribution < 1.29 is 22.6 Å². The van der Waals surface area contributed by atoms with E-state index in [1.807, 2.05) is 0 Å². The van der Waals surface area contributed by atoms with Gasteiger partial charge in [0.15, 0.2) is 0 Å². The van der Waals surface area contributed by atoms with Crippen molar-refractivity contribution in [1.82, 2.24) is 9.97 Å². The number of ether oxygens (including phenoxy) is 2. The molecule has 0 fully saturated rings. The molecular weight excluding hydrogens is 311 g/mol. The van der Waals surface area contributed by atoms with Gasteiger partial charge in [-0.05, 0) is 24.6 Å². The van der Waals surface area contributed by atoms with Crippen LogP contribution in [0.4, 0.5) is 19.1 Å². The van der Waals surface area contributed by atoms with Crippen molar-refractivity contribution in [3.05, 3.63) is 41.6 Å². The molecule has 0 saturated carbocycles. The molecule has 1 aromatic carbocycles. The van der Waals surface area contributed by atoms with E-state index in [0.29, 0.717) is 23.9 Å². The predicted octanol–water partition coefficient (Wildman–Crippen LogP) is 3.33. The summed E-state index contributed by atoms with van der Waals surface area (Å²) in [6.07, 6.45) is -4.71. The second-order valence-electron chi connectivity index (χ2n) is 4.90. The number of hydrogen-bond donors (Lipinski definition) is 0. The van der Waals surface area contributed by atoms with Crippen LogP contribution >= 0.6 is 0 Å². The topological polar surface area (TPSA) is 47.5 Å². The van der Waals surface area contributed by atoms with Crippen LogP contribution in [0.1, 0.15) is 11.3 Å². The minimum Gasteiger partial charge on any atom is -0.481 e. The molecule has 1 aromatic heterocycles. The summed E-state index contributed by atoms with van der Waals surface area (Å²) in [5, 5.41) is 0. The molecule has 0 bridgehead atoms. The first-order valence-electron chi connectivity index (χ1n) is 6.72. The third-order valence-corrected chi connectivity index (χ3v) is 2.92. The van der Waals surface area contributed by atoms with Crippen LogP contribution in [-0.4, -0.2) is 30.5 Å². The van der Waals surface area contributed by atoms with Crippen molar-refractivity contribution in [3.8, 4) is 11.6 Å². The Kier molecular flexibility index (Phi) is 4.92. The fourth-order valence-electron chi connectivity index (χ4n) is 1.99. The Balaban J connectivity index is 2.15. The zero-order chi connectivity index (χ0) is 17.0. The molecule has 8 heteroatoms. The van der Waals surface area contributed by atoms with Crippen LogP contribution in [0.2, 0.25) is 0 Å². The summed E-state index contributed by atoms with van der Waals surface area (Å²) >= 11 is 0. The Labute approximate surface area is 131 Å². The van der Waals surface area contributed by atoms with E-state index in [1.54, 1.807) is 31.0 Å². The first-order valence-corrected chi connectivity index (χ1v) is 6.72. The van der Waals surface area contributed by atoms with Gasteiger partial charge in [0.2, 0.25) is 11.8 Å². The molecule has 0 aliphatic carbocycles. The van der Waals surface area contributed by atoms with E-state index in [2.05, 4.69) is 14.7 Å². The van der Waals surface area contributed by atoms with Gasteiger partial charge in [0.25, 0.3) is 0 Å². The quantitative estimate of drug-likeness (QED) is 0.843. The zero-order valence-corrected chi connectivity index (χ0v) is 12.9. The van der Waals surface area contributed by atoms with Gasteiger partial charge in [0, 0.05) is 25.4 Å². The van der Waals surface area contributed by atoms with Crippen LogP contribution in [0.25, 0.3) is 0 Å². The average Bonchev–Trinajstić information content (AvgIpc) is 2.45. The zero-order valence-electron chi connectivity index (χ0n) is 12.9. The van der Waals surface area contributed by atoms with Crippen LogP contribution < -0.4 is 14.4 Å². The molecule has 1 heterocycles. The molecule has 0 radical (unpaired) electrons. The third kappa shape index (κ3) is 5.01. The van der Waals surface area contributed by atoms with Crippen LogP contribution in [0, 0.1) is 6.92 Å². The SMILES string of the molecule is COc1cc(C)nc(N(C)Cc2cccc(OC(F)(F)F)c2)n1. The standard InChI is InChI=1S/C15H16F3N3O2/c1-10-7-13(22-3)20-14(19-10)21(2)9-11-5-4-6-12(8-11)23-15(16,17)18/h4-8H,9H2,1-3H3. The van der Waals surface area contributed by atoms with E-state index in [4.69, 9.17) is 4.74 Å². The van der Waals surface area contributed by atoms with E-state index >= 15 is 0 Å². The van der Waals surface area contributed by atoms with Gasteiger partial charge in [-0.25, -0.2) is 4.98 Å². The average molecular weight is 327 g/mol. The Morgan fingerprint density at radius 1 is 1.17 bits per heavy atom. The lowest BCUT2D eigenvalue weighted by molar-refractivity contribution is -0.274. The summed E-state index contributed by atoms with van der Waals surface area (Å²) in [6.45, 7) is 2.13. The second-order valence-corrected chi connectivity index (χ2v) is 4.90. The molecular formula is C15H16F3N3O2. The van der Waals surface area contributed by atoms with Gasteiger partial charge < -0.3 is 14.4 Å². The summed E-state index contributed by atoms with van der Waals surface area (Å²) in [4.78, 5) is 10.2. The Morgan fingerprint density at radius 2 is 1.91 bits per heavy atom. The minimum atomic E-state index is -4.71. The van der Waals surface area contributed by atoms with E-state index in [0.717, 1.165) is 5.69 Å². The number of halogens is 3. The Morgan fingerprint density at radius 3 is 2.57 bits per heavy atom. The first kappa shape index (κ1) is 16.9. The smallest absolute Gasteiger partial charge is 0.481 e. The van der Waals surface area contributed by atoms with Gasteiger partial charge in [-0.2, -0.15) is 4.98 Å². The van der Waals surface area contributed by atoms with Crippen LogP contribution in [-0.2, 0) is 6.54 Å². The minimum absolute atomic E-state index is 0.258. The molecule has 0 aliphatic heterocycles. The summed E-state index contributed by atoms with van der Waals surface area (Å²) < 4.78 is 45.8. The highest BCUT2D eigenvalue weighted by Crippen LogP contribution is 2.24. The number of hydrogen-bond acceptors (Lipinski definition) is 5. The van der Waals surface area contributed by atoms with Crippen molar-refractivity contribution >= 4 is 5.95 Å². The molecule has 124 valence electrons. The molecule has 0 spiro atoms. The fraction of sp³-hybridized carbons (Fsp3) is 0.333. The second kappa shape index (κ2) is 6.72. The number of rotatable bonds is 5. The van der Waals surface area contributed by atoms with E-state index < -0.39 is 6.36 Å². The first-order chi connectivity index (χ1) is 10.8. The van der Waals surface area contributed by atoms with Crippen molar-refractivity contribution in [3.63, 3.8) is 0 Å². The summed E-state index contributed by atoms with van der Waals surface area (Å²) in [7, 11) is 3.25. The van der Waals surface area contributed by atoms with Gasteiger partial charge >= 0.3 is 6.36 Å². The van der Waals surface area contributed by atoms with Gasteiger partial charge in [0.05, 0.1) is 7.11 Å². The number of anilines is 1. The van der Waals surface area contributed by atoms with Crippen LogP contribution in [0.3, 0.4) is 0 Å². The number of nitrogens with zero attached hydrogens (tertiary/aromatic N) is 3. The molecule has 0 saturated heterocycles. The maximum Gasteiger partial charge on any atom is 0.573 e. The summed E-state index contributed by atoms with van der Waals surface area (Å²) in [5.41, 5.74) is 1.37. The maximum atomic E-state index is 12.3. The van der Waals surface area contributed by atoms with Crippen molar-refractivity contribution in [2.24, 2.45) is 0 Å². The molecule has 0 aliphatic rings. The number of aromatic nitrogens is 2. The lowest BCUT2D eigenvalue weighted by Gasteiger charge is -2.18. The number of methoxy groups -OCH3 is 1. The van der Waals surface area contributed by atoms with Crippen LogP contribution in [0.5, 0.6) is 11.6 Å². The van der Waals surface area contributed by atoms with Gasteiger partial charge in [-0.3, -0.25) is 0 Å². The molecule has 2 rings (SSSR count). The lowest BCUT2D eigenvalue weighted by atomic mass is 10.2. The fourth-order valence-corrected chi connectivity index (χ4v) is 1.99. The predicted molar refractivity (Wildman–Crippen MR) is 78.6 cm³/mol. The van der Waals surface area contributed by atoms with E-state index in [-0.39, 0.29) is 5.75 Å². The molecule has 0 N–H and O–H groups in total. The summed E-state index contributed by atoms with van der Waals surface area (Å²) in [5.74, 6) is 0.587. The molecule has 0 amide bonds. The summed E-state index contributed by atoms with van der Waals surface area (Å²) in [6, 6.07) is 7.48. The monoisotopic (exact) mass is 327 g/mol. The van der Waals surface area contributed by atoms with Gasteiger partial charge in [-0.15, -0.1) is 13.2 Å². The van der Waals surface area contributed by atoms with Crippen LogP contribution in [0.15, 0.2) is 30.3 Å². The maximum absolute atomic E-state index is 12.3. The highest BCUT2D eigenvalue weighted by molar-refractivity contribution is 5.36. The van der Waals surface area contributed by atoms with Gasteiger partial charge in [-0.1, -0.05) is 12.1 Å². The Hall–Kier alpha value is -2.51. The molecule has 2 aromatic rings. The highest BCUT2D eigenvalue weighted by Gasteiger charge is 2.31. The Bertz CT molecular complexity index is 677. The number of alkyl halides is 3.